The van der Waals surface area contributed by atoms with E-state index in [9.17, 15) is 14.7 Å². The summed E-state index contributed by atoms with van der Waals surface area (Å²) in [6, 6.07) is -1.87. The number of amides is 2. The SMILES string of the molecule is CC(NC(=O)N1C[C@H](O)C[C@@H]1C(=O)O)c1ncc[nH]1. The fourth-order valence-electron chi connectivity index (χ4n) is 2.12. The second-order valence-electron chi connectivity index (χ2n) is 4.54. The van der Waals surface area contributed by atoms with Gasteiger partial charge in [0, 0.05) is 25.4 Å². The Morgan fingerprint density at radius 3 is 2.95 bits per heavy atom. The van der Waals surface area contributed by atoms with Crippen LogP contribution in [-0.4, -0.2) is 55.8 Å². The van der Waals surface area contributed by atoms with Crippen LogP contribution in [0.25, 0.3) is 0 Å². The Labute approximate surface area is 109 Å². The van der Waals surface area contributed by atoms with Crippen LogP contribution in [0.5, 0.6) is 0 Å². The first-order valence-electron chi connectivity index (χ1n) is 5.96. The number of hydrogen-bond donors (Lipinski definition) is 4. The second kappa shape index (κ2) is 5.27. The minimum atomic E-state index is -1.11. The first-order chi connectivity index (χ1) is 8.99. The molecule has 8 heteroatoms. The van der Waals surface area contributed by atoms with Crippen molar-refractivity contribution in [2.45, 2.75) is 31.5 Å². The van der Waals surface area contributed by atoms with E-state index in [1.807, 2.05) is 0 Å². The number of nitrogens with zero attached hydrogens (tertiary/aromatic N) is 2. The van der Waals surface area contributed by atoms with Gasteiger partial charge in [-0.2, -0.15) is 0 Å². The van der Waals surface area contributed by atoms with E-state index in [0.29, 0.717) is 5.82 Å². The molecular weight excluding hydrogens is 252 g/mol. The summed E-state index contributed by atoms with van der Waals surface area (Å²) in [6.07, 6.45) is 2.46. The van der Waals surface area contributed by atoms with Gasteiger partial charge in [-0.25, -0.2) is 14.6 Å². The maximum Gasteiger partial charge on any atom is 0.326 e. The highest BCUT2D eigenvalue weighted by atomic mass is 16.4. The molecule has 2 heterocycles. The number of aromatic nitrogens is 2. The third-order valence-electron chi connectivity index (χ3n) is 3.09. The predicted molar refractivity (Wildman–Crippen MR) is 64.3 cm³/mol. The van der Waals surface area contributed by atoms with E-state index in [1.54, 1.807) is 19.3 Å². The third-order valence-corrected chi connectivity index (χ3v) is 3.09. The van der Waals surface area contributed by atoms with Crippen LogP contribution in [0, 0.1) is 0 Å². The van der Waals surface area contributed by atoms with Crippen LogP contribution in [0.15, 0.2) is 12.4 Å². The third kappa shape index (κ3) is 2.84. The van der Waals surface area contributed by atoms with E-state index in [1.165, 1.54) is 0 Å². The lowest BCUT2D eigenvalue weighted by Crippen LogP contribution is -2.46. The number of carboxylic acids is 1. The smallest absolute Gasteiger partial charge is 0.326 e. The maximum atomic E-state index is 12.0. The average Bonchev–Trinajstić information content (AvgIpc) is 2.96. The molecule has 3 atom stereocenters. The number of carboxylic acid groups (broad SMARTS) is 1. The van der Waals surface area contributed by atoms with Crippen molar-refractivity contribution in [3.05, 3.63) is 18.2 Å². The Morgan fingerprint density at radius 2 is 2.37 bits per heavy atom. The van der Waals surface area contributed by atoms with Gasteiger partial charge in [-0.1, -0.05) is 0 Å². The lowest BCUT2D eigenvalue weighted by molar-refractivity contribution is -0.141. The topological polar surface area (TPSA) is 119 Å². The van der Waals surface area contributed by atoms with E-state index >= 15 is 0 Å². The minimum Gasteiger partial charge on any atom is -0.480 e. The number of carbonyl (C=O) groups excluding carboxylic acids is 1. The van der Waals surface area contributed by atoms with Gasteiger partial charge >= 0.3 is 12.0 Å². The summed E-state index contributed by atoms with van der Waals surface area (Å²) < 4.78 is 0. The first-order valence-corrected chi connectivity index (χ1v) is 5.96. The number of likely N-dealkylation sites (tertiary alicyclic amines) is 1. The van der Waals surface area contributed by atoms with Crippen LogP contribution in [0.1, 0.15) is 25.2 Å². The molecule has 2 rings (SSSR count). The number of H-pyrrole nitrogens is 1. The summed E-state index contributed by atoms with van der Waals surface area (Å²) in [5, 5.41) is 21.1. The zero-order valence-electron chi connectivity index (χ0n) is 10.4. The van der Waals surface area contributed by atoms with Crippen molar-refractivity contribution in [3.8, 4) is 0 Å². The van der Waals surface area contributed by atoms with Gasteiger partial charge in [0.1, 0.15) is 11.9 Å². The number of urea groups is 1. The van der Waals surface area contributed by atoms with E-state index in [2.05, 4.69) is 15.3 Å². The van der Waals surface area contributed by atoms with Crippen molar-refractivity contribution in [1.29, 1.82) is 0 Å². The van der Waals surface area contributed by atoms with Crippen LogP contribution in [0.2, 0.25) is 0 Å². The Bertz CT molecular complexity index is 461. The predicted octanol–water partition coefficient (Wildman–Crippen LogP) is -0.300. The molecule has 104 valence electrons. The van der Waals surface area contributed by atoms with Crippen LogP contribution in [0.4, 0.5) is 4.79 Å². The van der Waals surface area contributed by atoms with Gasteiger partial charge in [0.2, 0.25) is 0 Å². The summed E-state index contributed by atoms with van der Waals surface area (Å²) >= 11 is 0. The van der Waals surface area contributed by atoms with Gasteiger partial charge in [0.15, 0.2) is 0 Å². The number of rotatable bonds is 3. The Balaban J connectivity index is 2.01. The quantitative estimate of drug-likeness (QED) is 0.600. The molecule has 19 heavy (non-hydrogen) atoms. The van der Waals surface area contributed by atoms with E-state index in [0.717, 1.165) is 4.90 Å². The number of aliphatic hydroxyl groups is 1. The number of aliphatic carboxylic acids is 1. The molecule has 1 aliphatic heterocycles. The zero-order chi connectivity index (χ0) is 14.0. The standard InChI is InChI=1S/C11H16N4O4/c1-6(9-12-2-3-13-9)14-11(19)15-5-7(16)4-8(15)10(17)18/h2-3,6-8,16H,4-5H2,1H3,(H,12,13)(H,14,19)(H,17,18)/t6?,7-,8-/m1/s1. The number of β-amino-alcohol motifs (C(OH)–C–C–N with tert-alkyl or cyclic N) is 1. The van der Waals surface area contributed by atoms with Crippen molar-refractivity contribution in [2.24, 2.45) is 0 Å². The number of aliphatic hydroxyl groups excluding tert-OH is 1. The number of hydrogen-bond acceptors (Lipinski definition) is 4. The van der Waals surface area contributed by atoms with Crippen molar-refractivity contribution in [3.63, 3.8) is 0 Å². The average molecular weight is 268 g/mol. The van der Waals surface area contributed by atoms with E-state index < -0.39 is 24.1 Å². The summed E-state index contributed by atoms with van der Waals surface area (Å²) in [4.78, 5) is 31.0. The summed E-state index contributed by atoms with van der Waals surface area (Å²) in [5.41, 5.74) is 0. The van der Waals surface area contributed by atoms with Crippen molar-refractivity contribution in [1.82, 2.24) is 20.2 Å². The van der Waals surface area contributed by atoms with Crippen LogP contribution in [0.3, 0.4) is 0 Å². The number of aromatic amines is 1. The van der Waals surface area contributed by atoms with E-state index in [-0.39, 0.29) is 19.0 Å². The molecule has 0 radical (unpaired) electrons. The number of imidazole rings is 1. The molecule has 0 aromatic carbocycles. The van der Waals surface area contributed by atoms with Crippen LogP contribution < -0.4 is 5.32 Å². The molecule has 0 bridgehead atoms. The fraction of sp³-hybridized carbons (Fsp3) is 0.545. The van der Waals surface area contributed by atoms with Crippen molar-refractivity contribution >= 4 is 12.0 Å². The first kappa shape index (κ1) is 13.3. The monoisotopic (exact) mass is 268 g/mol. The molecule has 1 saturated heterocycles. The highest BCUT2D eigenvalue weighted by Crippen LogP contribution is 2.19. The molecule has 1 aliphatic rings. The fourth-order valence-corrected chi connectivity index (χ4v) is 2.12. The molecule has 4 N–H and O–H groups in total. The lowest BCUT2D eigenvalue weighted by Gasteiger charge is -2.23. The van der Waals surface area contributed by atoms with E-state index in [4.69, 9.17) is 5.11 Å². The summed E-state index contributed by atoms with van der Waals surface area (Å²) in [6.45, 7) is 1.76. The van der Waals surface area contributed by atoms with Gasteiger partial charge in [0.05, 0.1) is 12.1 Å². The Kier molecular flexibility index (Phi) is 3.70. The molecule has 2 amide bonds. The Morgan fingerprint density at radius 1 is 1.63 bits per heavy atom. The number of carbonyl (C=O) groups is 2. The Hall–Kier alpha value is -2.09. The molecule has 0 saturated carbocycles. The molecular formula is C11H16N4O4. The molecule has 1 fully saturated rings. The molecule has 0 spiro atoms. The van der Waals surface area contributed by atoms with Gasteiger partial charge in [-0.15, -0.1) is 0 Å². The molecule has 1 aromatic heterocycles. The normalized spacial score (nSPS) is 24.2. The van der Waals surface area contributed by atoms with Gasteiger partial charge in [-0.05, 0) is 6.92 Å². The van der Waals surface area contributed by atoms with Crippen molar-refractivity contribution in [2.75, 3.05) is 6.54 Å². The van der Waals surface area contributed by atoms with Gasteiger partial charge in [-0.3, -0.25) is 0 Å². The largest absolute Gasteiger partial charge is 0.480 e. The highest BCUT2D eigenvalue weighted by molar-refractivity contribution is 5.83. The molecule has 8 nitrogen and oxygen atoms in total. The summed E-state index contributed by atoms with van der Waals surface area (Å²) in [7, 11) is 0. The zero-order valence-corrected chi connectivity index (χ0v) is 10.4. The maximum absolute atomic E-state index is 12.0. The molecule has 0 aliphatic carbocycles. The van der Waals surface area contributed by atoms with Gasteiger partial charge < -0.3 is 25.4 Å². The lowest BCUT2D eigenvalue weighted by atomic mass is 10.2. The number of nitrogens with one attached hydrogen (secondary N) is 2. The second-order valence-corrected chi connectivity index (χ2v) is 4.54. The van der Waals surface area contributed by atoms with Gasteiger partial charge in [0.25, 0.3) is 0 Å². The minimum absolute atomic E-state index is 0.0215. The summed E-state index contributed by atoms with van der Waals surface area (Å²) in [5.74, 6) is -0.530. The highest BCUT2D eigenvalue weighted by Gasteiger charge is 2.39. The van der Waals surface area contributed by atoms with Crippen LogP contribution in [-0.2, 0) is 4.79 Å². The molecule has 1 unspecified atom stereocenters. The molecule has 1 aromatic rings. The van der Waals surface area contributed by atoms with Crippen molar-refractivity contribution < 1.29 is 19.8 Å². The van der Waals surface area contributed by atoms with Crippen LogP contribution >= 0.6 is 0 Å².